The monoisotopic (exact) mass is 271 g/mol. The van der Waals surface area contributed by atoms with Crippen LogP contribution in [0.1, 0.15) is 25.7 Å². The molecule has 0 atom stereocenters. The van der Waals surface area contributed by atoms with E-state index in [1.54, 1.807) is 11.9 Å². The van der Waals surface area contributed by atoms with Gasteiger partial charge in [0.15, 0.2) is 0 Å². The van der Waals surface area contributed by atoms with Gasteiger partial charge in [-0.2, -0.15) is 0 Å². The molecule has 19 heavy (non-hydrogen) atoms. The number of esters is 1. The average molecular weight is 271 g/mol. The molecule has 1 aliphatic rings. The first-order valence-corrected chi connectivity index (χ1v) is 6.37. The Morgan fingerprint density at radius 1 is 1.32 bits per heavy atom. The van der Waals surface area contributed by atoms with Crippen LogP contribution >= 0.6 is 0 Å². The molecular formula is C12H21N3O4. The number of carbonyl (C=O) groups is 3. The minimum atomic E-state index is -0.435. The van der Waals surface area contributed by atoms with Crippen LogP contribution in [0.15, 0.2) is 0 Å². The van der Waals surface area contributed by atoms with Gasteiger partial charge >= 0.3 is 12.0 Å². The molecule has 0 saturated heterocycles. The van der Waals surface area contributed by atoms with Crippen molar-refractivity contribution in [3.05, 3.63) is 0 Å². The van der Waals surface area contributed by atoms with Gasteiger partial charge < -0.3 is 10.1 Å². The lowest BCUT2D eigenvalue weighted by molar-refractivity contribution is -0.140. The van der Waals surface area contributed by atoms with Gasteiger partial charge in [-0.05, 0) is 32.9 Å². The van der Waals surface area contributed by atoms with E-state index in [0.29, 0.717) is 19.4 Å². The molecule has 0 heterocycles. The highest BCUT2D eigenvalue weighted by molar-refractivity contribution is 5.95. The van der Waals surface area contributed by atoms with E-state index in [-0.39, 0.29) is 24.5 Å². The smallest absolute Gasteiger partial charge is 0.321 e. The van der Waals surface area contributed by atoms with Gasteiger partial charge in [-0.1, -0.05) is 0 Å². The van der Waals surface area contributed by atoms with Crippen LogP contribution in [-0.4, -0.2) is 56.1 Å². The zero-order chi connectivity index (χ0) is 14.3. The van der Waals surface area contributed by atoms with E-state index < -0.39 is 6.03 Å². The first-order valence-electron chi connectivity index (χ1n) is 6.37. The summed E-state index contributed by atoms with van der Waals surface area (Å²) in [4.78, 5) is 35.5. The first-order chi connectivity index (χ1) is 9.01. The highest BCUT2D eigenvalue weighted by Crippen LogP contribution is 2.18. The van der Waals surface area contributed by atoms with Crippen LogP contribution in [0.5, 0.6) is 0 Å². The van der Waals surface area contributed by atoms with Crippen molar-refractivity contribution in [1.29, 1.82) is 0 Å². The second-order valence-corrected chi connectivity index (χ2v) is 4.71. The van der Waals surface area contributed by atoms with Crippen molar-refractivity contribution in [1.82, 2.24) is 15.5 Å². The molecule has 108 valence electrons. The number of nitrogens with one attached hydrogen (secondary N) is 2. The summed E-state index contributed by atoms with van der Waals surface area (Å²) in [6.45, 7) is 0.714. The minimum Gasteiger partial charge on any atom is -0.469 e. The second-order valence-electron chi connectivity index (χ2n) is 4.71. The number of urea groups is 1. The maximum atomic E-state index is 11.5. The number of methoxy groups -OCH3 is 1. The summed E-state index contributed by atoms with van der Waals surface area (Å²) in [5.41, 5.74) is 0. The SMILES string of the molecule is COC(=O)CCCN(C)CC(=O)NC(=O)NC1CC1. The predicted octanol–water partition coefficient (Wildman–Crippen LogP) is -0.140. The molecule has 2 N–H and O–H groups in total. The second kappa shape index (κ2) is 7.73. The third-order valence-electron chi connectivity index (χ3n) is 2.73. The van der Waals surface area contributed by atoms with Gasteiger partial charge in [0.25, 0.3) is 0 Å². The van der Waals surface area contributed by atoms with Crippen LogP contribution in [0.2, 0.25) is 0 Å². The lowest BCUT2D eigenvalue weighted by atomic mass is 10.3. The summed E-state index contributed by atoms with van der Waals surface area (Å²) in [6, 6.07) is -0.207. The van der Waals surface area contributed by atoms with Gasteiger partial charge in [-0.25, -0.2) is 4.79 Å². The Kier molecular flexibility index (Phi) is 6.27. The number of likely N-dealkylation sites (N-methyl/N-ethyl adjacent to an activating group) is 1. The van der Waals surface area contributed by atoms with Gasteiger partial charge in [-0.15, -0.1) is 0 Å². The Hall–Kier alpha value is -1.63. The van der Waals surface area contributed by atoms with E-state index in [1.807, 2.05) is 0 Å². The van der Waals surface area contributed by atoms with Crippen molar-refractivity contribution in [2.24, 2.45) is 0 Å². The zero-order valence-electron chi connectivity index (χ0n) is 11.4. The van der Waals surface area contributed by atoms with Crippen LogP contribution < -0.4 is 10.6 Å². The Balaban J connectivity index is 2.09. The van der Waals surface area contributed by atoms with Crippen molar-refractivity contribution in [2.75, 3.05) is 27.2 Å². The lowest BCUT2D eigenvalue weighted by Crippen LogP contribution is -2.44. The van der Waals surface area contributed by atoms with Gasteiger partial charge in [0.2, 0.25) is 5.91 Å². The summed E-state index contributed by atoms with van der Waals surface area (Å²) in [6.07, 6.45) is 2.90. The number of carbonyl (C=O) groups excluding carboxylic acids is 3. The van der Waals surface area contributed by atoms with E-state index in [9.17, 15) is 14.4 Å². The third-order valence-corrected chi connectivity index (χ3v) is 2.73. The maximum absolute atomic E-state index is 11.5. The van der Waals surface area contributed by atoms with Gasteiger partial charge in [0.1, 0.15) is 0 Å². The van der Waals surface area contributed by atoms with Crippen molar-refractivity contribution in [2.45, 2.75) is 31.7 Å². The summed E-state index contributed by atoms with van der Waals surface area (Å²) >= 11 is 0. The van der Waals surface area contributed by atoms with E-state index in [1.165, 1.54) is 7.11 Å². The Labute approximate surface area is 112 Å². The van der Waals surface area contributed by atoms with Crippen LogP contribution in [0, 0.1) is 0 Å². The van der Waals surface area contributed by atoms with Crippen LogP contribution in [-0.2, 0) is 14.3 Å². The van der Waals surface area contributed by atoms with Crippen molar-refractivity contribution in [3.8, 4) is 0 Å². The molecule has 0 radical (unpaired) electrons. The van der Waals surface area contributed by atoms with E-state index in [2.05, 4.69) is 15.4 Å². The summed E-state index contributed by atoms with van der Waals surface area (Å²) in [5, 5.41) is 4.94. The maximum Gasteiger partial charge on any atom is 0.321 e. The topological polar surface area (TPSA) is 87.7 Å². The molecule has 0 aromatic rings. The number of ether oxygens (including phenoxy) is 1. The molecule has 1 saturated carbocycles. The molecule has 0 aromatic heterocycles. The predicted molar refractivity (Wildman–Crippen MR) is 68.4 cm³/mol. The highest BCUT2D eigenvalue weighted by atomic mass is 16.5. The fraction of sp³-hybridized carbons (Fsp3) is 0.750. The number of hydrogen-bond donors (Lipinski definition) is 2. The minimum absolute atomic E-state index is 0.124. The molecule has 0 aromatic carbocycles. The normalized spacial score (nSPS) is 14.1. The fourth-order valence-corrected chi connectivity index (χ4v) is 1.53. The molecule has 0 unspecified atom stereocenters. The zero-order valence-corrected chi connectivity index (χ0v) is 11.4. The number of hydrogen-bond acceptors (Lipinski definition) is 5. The van der Waals surface area contributed by atoms with Crippen LogP contribution in [0.25, 0.3) is 0 Å². The first kappa shape index (κ1) is 15.4. The number of rotatable bonds is 7. The van der Waals surface area contributed by atoms with Crippen LogP contribution in [0.3, 0.4) is 0 Å². The molecule has 0 bridgehead atoms. The quantitative estimate of drug-likeness (QED) is 0.629. The van der Waals surface area contributed by atoms with Gasteiger partial charge in [0.05, 0.1) is 13.7 Å². The lowest BCUT2D eigenvalue weighted by Gasteiger charge is -2.15. The molecular weight excluding hydrogens is 250 g/mol. The third kappa shape index (κ3) is 7.40. The number of nitrogens with zero attached hydrogens (tertiary/aromatic N) is 1. The van der Waals surface area contributed by atoms with Crippen molar-refractivity contribution >= 4 is 17.9 Å². The summed E-state index contributed by atoms with van der Waals surface area (Å²) in [5.74, 6) is -0.611. The molecule has 3 amide bonds. The Morgan fingerprint density at radius 3 is 2.58 bits per heavy atom. The fourth-order valence-electron chi connectivity index (χ4n) is 1.53. The average Bonchev–Trinajstić information content (AvgIpc) is 3.11. The number of imide groups is 1. The van der Waals surface area contributed by atoms with Gasteiger partial charge in [-0.3, -0.25) is 19.8 Å². The summed E-state index contributed by atoms with van der Waals surface area (Å²) < 4.78 is 4.52. The van der Waals surface area contributed by atoms with E-state index >= 15 is 0 Å². The highest BCUT2D eigenvalue weighted by Gasteiger charge is 2.23. The van der Waals surface area contributed by atoms with Gasteiger partial charge in [0, 0.05) is 12.5 Å². The van der Waals surface area contributed by atoms with Crippen LogP contribution in [0.4, 0.5) is 4.79 Å². The molecule has 7 heteroatoms. The van der Waals surface area contributed by atoms with Crippen molar-refractivity contribution in [3.63, 3.8) is 0 Å². The molecule has 7 nitrogen and oxygen atoms in total. The van der Waals surface area contributed by atoms with Crippen molar-refractivity contribution < 1.29 is 19.1 Å². The molecule has 0 spiro atoms. The molecule has 1 rings (SSSR count). The van der Waals surface area contributed by atoms with E-state index in [4.69, 9.17) is 0 Å². The molecule has 1 fully saturated rings. The molecule has 0 aliphatic heterocycles. The summed E-state index contributed by atoms with van der Waals surface area (Å²) in [7, 11) is 3.10. The number of amides is 3. The largest absolute Gasteiger partial charge is 0.469 e. The Bertz CT molecular complexity index is 342. The van der Waals surface area contributed by atoms with E-state index in [0.717, 1.165) is 12.8 Å². The standard InChI is InChI=1S/C12H21N3O4/c1-15(7-3-4-11(17)19-2)8-10(16)14-12(18)13-9-5-6-9/h9H,3-8H2,1-2H3,(H2,13,14,16,18). The Morgan fingerprint density at radius 2 is 2.00 bits per heavy atom. The molecule has 1 aliphatic carbocycles.